The molecule has 0 saturated heterocycles. The Morgan fingerprint density at radius 1 is 1.50 bits per heavy atom. The van der Waals surface area contributed by atoms with Gasteiger partial charge in [-0.3, -0.25) is 4.79 Å². The summed E-state index contributed by atoms with van der Waals surface area (Å²) < 4.78 is 5.19. The largest absolute Gasteiger partial charge is 0.377 e. The van der Waals surface area contributed by atoms with Crippen molar-refractivity contribution in [2.24, 2.45) is 0 Å². The van der Waals surface area contributed by atoms with Crippen LogP contribution in [0, 0.1) is 0 Å². The number of unbranched alkanes of at least 4 members (excludes halogenated alkanes) is 1. The van der Waals surface area contributed by atoms with E-state index < -0.39 is 0 Å². The second kappa shape index (κ2) is 9.28. The van der Waals surface area contributed by atoms with E-state index >= 15 is 0 Å². The Morgan fingerprint density at radius 2 is 2.21 bits per heavy atom. The van der Waals surface area contributed by atoms with E-state index in [-0.39, 0.29) is 11.2 Å². The van der Waals surface area contributed by atoms with E-state index in [9.17, 15) is 4.79 Å². The molecule has 0 bridgehead atoms. The molecular weight excluding hydrogens is 196 g/mol. The van der Waals surface area contributed by atoms with Crippen molar-refractivity contribution in [2.75, 3.05) is 12.9 Å². The molecule has 0 fully saturated rings. The predicted molar refractivity (Wildman–Crippen MR) is 62.6 cm³/mol. The second-order valence-corrected chi connectivity index (χ2v) is 4.32. The number of ether oxygens (including phenoxy) is 1. The van der Waals surface area contributed by atoms with Gasteiger partial charge in [0.05, 0.1) is 6.10 Å². The van der Waals surface area contributed by atoms with Gasteiger partial charge in [-0.15, -0.1) is 0 Å². The van der Waals surface area contributed by atoms with E-state index in [0.717, 1.165) is 18.6 Å². The number of carbonyl (C=O) groups is 1. The fourth-order valence-electron chi connectivity index (χ4n) is 1.03. The molecule has 0 aromatic rings. The van der Waals surface area contributed by atoms with E-state index in [1.807, 2.05) is 13.0 Å². The summed E-state index contributed by atoms with van der Waals surface area (Å²) in [6.45, 7) is 4.11. The third-order valence-corrected chi connectivity index (χ3v) is 2.56. The van der Waals surface area contributed by atoms with E-state index in [2.05, 4.69) is 13.0 Å². The topological polar surface area (TPSA) is 26.3 Å². The molecule has 0 heterocycles. The van der Waals surface area contributed by atoms with Crippen LogP contribution in [0.3, 0.4) is 0 Å². The maximum atomic E-state index is 11.3. The van der Waals surface area contributed by atoms with Crippen LogP contribution in [0.4, 0.5) is 0 Å². The molecule has 0 rings (SSSR count). The van der Waals surface area contributed by atoms with Gasteiger partial charge >= 0.3 is 0 Å². The Kier molecular flexibility index (Phi) is 9.10. The van der Waals surface area contributed by atoms with Gasteiger partial charge < -0.3 is 4.74 Å². The summed E-state index contributed by atoms with van der Waals surface area (Å²) in [4.78, 5) is 11.3. The third-order valence-electron chi connectivity index (χ3n) is 1.78. The molecule has 0 saturated carbocycles. The summed E-state index contributed by atoms with van der Waals surface area (Å²) in [6, 6.07) is 0. The van der Waals surface area contributed by atoms with Gasteiger partial charge in [-0.2, -0.15) is 0 Å². The highest BCUT2D eigenvalue weighted by Crippen LogP contribution is 2.10. The van der Waals surface area contributed by atoms with Crippen LogP contribution < -0.4 is 0 Å². The monoisotopic (exact) mass is 216 g/mol. The number of thioether (sulfide) groups is 1. The molecule has 0 spiro atoms. The lowest BCUT2D eigenvalue weighted by molar-refractivity contribution is -0.112. The van der Waals surface area contributed by atoms with Gasteiger partial charge in [0.2, 0.25) is 0 Å². The van der Waals surface area contributed by atoms with Crippen LogP contribution in [0.2, 0.25) is 0 Å². The predicted octanol–water partition coefficient (Wildman–Crippen LogP) is 3.03. The summed E-state index contributed by atoms with van der Waals surface area (Å²) in [5.74, 6) is 0.841. The molecular formula is C11H20O2S. The van der Waals surface area contributed by atoms with Crippen molar-refractivity contribution < 1.29 is 9.53 Å². The van der Waals surface area contributed by atoms with Crippen molar-refractivity contribution in [3.63, 3.8) is 0 Å². The number of hydrogen-bond acceptors (Lipinski definition) is 3. The number of carbonyl (C=O) groups excluding carboxylic acids is 1. The summed E-state index contributed by atoms with van der Waals surface area (Å²) in [7, 11) is 1.64. The van der Waals surface area contributed by atoms with Gasteiger partial charge in [-0.05, 0) is 12.2 Å². The fraction of sp³-hybridized carbons (Fsp3) is 0.727. The van der Waals surface area contributed by atoms with Gasteiger partial charge in [0.25, 0.3) is 0 Å². The Balaban J connectivity index is 3.83. The molecule has 2 nitrogen and oxygen atoms in total. The molecule has 0 aliphatic heterocycles. The minimum absolute atomic E-state index is 0.0481. The van der Waals surface area contributed by atoms with E-state index in [1.165, 1.54) is 11.8 Å². The van der Waals surface area contributed by atoms with Gasteiger partial charge in [0.15, 0.2) is 5.12 Å². The van der Waals surface area contributed by atoms with Crippen LogP contribution >= 0.6 is 11.8 Å². The Morgan fingerprint density at radius 3 is 2.71 bits per heavy atom. The lowest BCUT2D eigenvalue weighted by Crippen LogP contribution is -2.11. The van der Waals surface area contributed by atoms with Crippen molar-refractivity contribution in [2.45, 2.75) is 39.2 Å². The molecule has 0 aromatic carbocycles. The first kappa shape index (κ1) is 13.7. The molecule has 1 atom stereocenters. The average Bonchev–Trinajstić information content (AvgIpc) is 2.17. The SMILES string of the molecule is CCC/C=C/C(CC(=O)SCC)OC. The zero-order chi connectivity index (χ0) is 10.8. The lowest BCUT2D eigenvalue weighted by atomic mass is 10.2. The van der Waals surface area contributed by atoms with E-state index in [0.29, 0.717) is 6.42 Å². The highest BCUT2D eigenvalue weighted by molar-refractivity contribution is 8.13. The smallest absolute Gasteiger partial charge is 0.191 e. The van der Waals surface area contributed by atoms with Gasteiger partial charge in [-0.1, -0.05) is 44.2 Å². The zero-order valence-electron chi connectivity index (χ0n) is 9.29. The molecule has 3 heteroatoms. The quantitative estimate of drug-likeness (QED) is 0.612. The van der Waals surface area contributed by atoms with Crippen molar-refractivity contribution in [3.8, 4) is 0 Å². The summed E-state index contributed by atoms with van der Waals surface area (Å²) in [5.41, 5.74) is 0. The van der Waals surface area contributed by atoms with Crippen LogP contribution in [0.15, 0.2) is 12.2 Å². The Bertz CT molecular complexity index is 178. The summed E-state index contributed by atoms with van der Waals surface area (Å²) >= 11 is 1.36. The van der Waals surface area contributed by atoms with Crippen LogP contribution in [-0.4, -0.2) is 24.1 Å². The maximum absolute atomic E-state index is 11.3. The minimum atomic E-state index is -0.0481. The van der Waals surface area contributed by atoms with E-state index in [1.54, 1.807) is 7.11 Å². The van der Waals surface area contributed by atoms with Crippen molar-refractivity contribution in [1.82, 2.24) is 0 Å². The number of rotatable bonds is 7. The van der Waals surface area contributed by atoms with Crippen LogP contribution in [0.1, 0.15) is 33.1 Å². The van der Waals surface area contributed by atoms with Crippen molar-refractivity contribution in [1.29, 1.82) is 0 Å². The van der Waals surface area contributed by atoms with E-state index in [4.69, 9.17) is 4.74 Å². The maximum Gasteiger partial charge on any atom is 0.191 e. The molecule has 0 radical (unpaired) electrons. The molecule has 14 heavy (non-hydrogen) atoms. The number of hydrogen-bond donors (Lipinski definition) is 0. The standard InChI is InChI=1S/C11H20O2S/c1-4-6-7-8-10(13-3)9-11(12)14-5-2/h7-8,10H,4-6,9H2,1-3H3/b8-7+. The third kappa shape index (κ3) is 7.15. The molecule has 0 N–H and O–H groups in total. The zero-order valence-corrected chi connectivity index (χ0v) is 10.1. The first-order valence-corrected chi connectivity index (χ1v) is 6.08. The summed E-state index contributed by atoms with van der Waals surface area (Å²) in [5, 5.41) is 0.209. The van der Waals surface area contributed by atoms with Gasteiger partial charge in [-0.25, -0.2) is 0 Å². The molecule has 1 unspecified atom stereocenters. The molecule has 0 aliphatic rings. The Hall–Kier alpha value is -0.280. The first-order valence-electron chi connectivity index (χ1n) is 5.09. The normalized spacial score (nSPS) is 13.4. The fourth-order valence-corrected chi connectivity index (χ4v) is 1.63. The molecule has 0 aromatic heterocycles. The number of methoxy groups -OCH3 is 1. The molecule has 0 amide bonds. The van der Waals surface area contributed by atoms with Crippen LogP contribution in [0.25, 0.3) is 0 Å². The second-order valence-electron chi connectivity index (χ2n) is 3.00. The van der Waals surface area contributed by atoms with Gasteiger partial charge in [0, 0.05) is 13.5 Å². The van der Waals surface area contributed by atoms with Crippen molar-refractivity contribution in [3.05, 3.63) is 12.2 Å². The first-order chi connectivity index (χ1) is 6.74. The number of allylic oxidation sites excluding steroid dienone is 1. The van der Waals surface area contributed by atoms with Crippen LogP contribution in [0.5, 0.6) is 0 Å². The van der Waals surface area contributed by atoms with Crippen molar-refractivity contribution >= 4 is 16.9 Å². The highest BCUT2D eigenvalue weighted by atomic mass is 32.2. The summed E-state index contributed by atoms with van der Waals surface area (Å²) in [6.07, 6.45) is 6.68. The molecule has 82 valence electrons. The molecule has 0 aliphatic carbocycles. The lowest BCUT2D eigenvalue weighted by Gasteiger charge is -2.08. The minimum Gasteiger partial charge on any atom is -0.377 e. The highest BCUT2D eigenvalue weighted by Gasteiger charge is 2.09. The van der Waals surface area contributed by atoms with Gasteiger partial charge in [0.1, 0.15) is 0 Å². The Labute approximate surface area is 91.1 Å². The van der Waals surface area contributed by atoms with Crippen LogP contribution in [-0.2, 0) is 9.53 Å². The average molecular weight is 216 g/mol.